The highest BCUT2D eigenvalue weighted by atomic mass is 16.6. The summed E-state index contributed by atoms with van der Waals surface area (Å²) in [5, 5.41) is 0. The number of carbonyl (C=O) groups is 3. The Labute approximate surface area is 485 Å². The molecule has 0 fully saturated rings. The summed E-state index contributed by atoms with van der Waals surface area (Å²) in [5.74, 6) is -0.984. The number of esters is 3. The van der Waals surface area contributed by atoms with Gasteiger partial charge in [-0.05, 0) is 135 Å². The van der Waals surface area contributed by atoms with E-state index in [0.29, 0.717) is 12.8 Å². The summed E-state index contributed by atoms with van der Waals surface area (Å²) < 4.78 is 16.8. The van der Waals surface area contributed by atoms with Crippen LogP contribution in [-0.4, -0.2) is 37.2 Å². The van der Waals surface area contributed by atoms with Gasteiger partial charge in [0.05, 0.1) is 0 Å². The SMILES string of the molecule is CC/C=C\C/C=C\C/C=C\C/C=C\C/C=C\C/C=C\C/C=C\C/C=C\C/C=C\C/C=C\CCCCC(=O)OCC(COC(=O)CCCCCCCCCCCCC)OC(=O)CCCCCC/C=C\C/C=C\C/C=C\C/C=C\CC. The smallest absolute Gasteiger partial charge is 0.306 e. The van der Waals surface area contributed by atoms with Gasteiger partial charge in [-0.15, -0.1) is 0 Å². The maximum Gasteiger partial charge on any atom is 0.306 e. The lowest BCUT2D eigenvalue weighted by Crippen LogP contribution is -2.30. The van der Waals surface area contributed by atoms with Crippen LogP contribution >= 0.6 is 0 Å². The number of hydrogen-bond acceptors (Lipinski definition) is 6. The summed E-state index contributed by atoms with van der Waals surface area (Å²) in [4.78, 5) is 38.2. The normalized spacial score (nSPS) is 13.3. The van der Waals surface area contributed by atoms with E-state index in [0.717, 1.165) is 154 Å². The summed E-state index contributed by atoms with van der Waals surface area (Å²) in [6, 6.07) is 0. The molecule has 0 spiro atoms. The van der Waals surface area contributed by atoms with E-state index < -0.39 is 6.10 Å². The van der Waals surface area contributed by atoms with E-state index in [1.807, 2.05) is 0 Å². The second-order valence-corrected chi connectivity index (χ2v) is 20.2. The van der Waals surface area contributed by atoms with E-state index in [4.69, 9.17) is 14.2 Å². The van der Waals surface area contributed by atoms with E-state index in [1.165, 1.54) is 51.4 Å². The summed E-state index contributed by atoms with van der Waals surface area (Å²) in [6.07, 6.45) is 96.5. The number of rotatable bonds is 55. The first-order valence-corrected chi connectivity index (χ1v) is 31.6. The van der Waals surface area contributed by atoms with Crippen molar-refractivity contribution in [2.45, 2.75) is 258 Å². The number of ether oxygens (including phenoxy) is 3. The molecule has 0 aliphatic rings. The van der Waals surface area contributed by atoms with Crippen molar-refractivity contribution in [1.82, 2.24) is 0 Å². The number of allylic oxidation sites excluding steroid dienone is 28. The highest BCUT2D eigenvalue weighted by Crippen LogP contribution is 2.14. The highest BCUT2D eigenvalue weighted by Gasteiger charge is 2.19. The Kier molecular flexibility index (Phi) is 61.0. The van der Waals surface area contributed by atoms with Gasteiger partial charge >= 0.3 is 17.9 Å². The van der Waals surface area contributed by atoms with Crippen LogP contribution in [0.4, 0.5) is 0 Å². The van der Waals surface area contributed by atoms with Crippen LogP contribution < -0.4 is 0 Å². The summed E-state index contributed by atoms with van der Waals surface area (Å²) >= 11 is 0. The maximum absolute atomic E-state index is 12.9. The molecule has 0 aromatic heterocycles. The van der Waals surface area contributed by atoms with Crippen LogP contribution in [0.25, 0.3) is 0 Å². The van der Waals surface area contributed by atoms with Gasteiger partial charge in [0.2, 0.25) is 0 Å². The van der Waals surface area contributed by atoms with Crippen LogP contribution in [0, 0.1) is 0 Å². The number of carbonyl (C=O) groups excluding carboxylic acids is 3. The molecule has 0 aromatic rings. The Balaban J connectivity index is 4.40. The van der Waals surface area contributed by atoms with Gasteiger partial charge in [0, 0.05) is 19.3 Å². The summed E-state index contributed by atoms with van der Waals surface area (Å²) in [5.41, 5.74) is 0. The van der Waals surface area contributed by atoms with Crippen molar-refractivity contribution in [1.29, 1.82) is 0 Å². The first-order valence-electron chi connectivity index (χ1n) is 31.6. The Hall–Kier alpha value is -5.23. The molecule has 6 heteroatoms. The largest absolute Gasteiger partial charge is 0.462 e. The zero-order valence-electron chi connectivity index (χ0n) is 50.6. The molecule has 0 saturated carbocycles. The van der Waals surface area contributed by atoms with Gasteiger partial charge in [-0.3, -0.25) is 14.4 Å². The van der Waals surface area contributed by atoms with Crippen LogP contribution in [0.2, 0.25) is 0 Å². The van der Waals surface area contributed by atoms with Crippen molar-refractivity contribution < 1.29 is 28.6 Å². The molecule has 0 N–H and O–H groups in total. The van der Waals surface area contributed by atoms with Gasteiger partial charge in [-0.2, -0.15) is 0 Å². The van der Waals surface area contributed by atoms with E-state index in [9.17, 15) is 14.4 Å². The quantitative estimate of drug-likeness (QED) is 0.0261. The van der Waals surface area contributed by atoms with Gasteiger partial charge in [0.1, 0.15) is 13.2 Å². The molecule has 6 nitrogen and oxygen atoms in total. The molecule has 0 heterocycles. The predicted octanol–water partition coefficient (Wildman–Crippen LogP) is 21.9. The molecule has 1 unspecified atom stereocenters. The fourth-order valence-electron chi connectivity index (χ4n) is 8.05. The second kappa shape index (κ2) is 65.3. The lowest BCUT2D eigenvalue weighted by Gasteiger charge is -2.18. The molecule has 0 amide bonds. The van der Waals surface area contributed by atoms with Gasteiger partial charge in [-0.25, -0.2) is 0 Å². The summed E-state index contributed by atoms with van der Waals surface area (Å²) in [7, 11) is 0. The van der Waals surface area contributed by atoms with Crippen molar-refractivity contribution in [3.05, 3.63) is 170 Å². The Bertz CT molecular complexity index is 1820. The Morgan fingerprint density at radius 2 is 0.494 bits per heavy atom. The van der Waals surface area contributed by atoms with Crippen LogP contribution in [0.3, 0.4) is 0 Å². The standard InChI is InChI=1S/C73H114O6/c1-4-7-10-13-16-19-22-24-26-28-29-30-31-32-33-34-35-36-37-38-39-40-41-42-43-45-46-48-51-54-57-60-63-66-72(75)78-69-70(68-77-71(74)65-62-59-56-53-50-21-18-15-12-9-6-3)79-73(76)67-64-61-58-55-52-49-47-44-27-25-23-20-17-14-11-8-5-2/h7-8,10-11,16-17,19-20,24-27,29-30,32-33,35-36,38-39,41-42,45-47,49,51,54,70H,4-6,9,12-15,18,21-23,28,31,34,37,40,43-44,48,50,52-53,55-69H2,1-3H3/b10-7-,11-8-,19-16-,20-17-,26-24-,27-25-,30-29-,33-32-,36-35-,39-38-,42-41-,46-45-,49-47-,54-51-. The van der Waals surface area contributed by atoms with Crippen molar-refractivity contribution in [2.24, 2.45) is 0 Å². The van der Waals surface area contributed by atoms with Gasteiger partial charge in [0.25, 0.3) is 0 Å². The van der Waals surface area contributed by atoms with Gasteiger partial charge in [0.15, 0.2) is 6.10 Å². The van der Waals surface area contributed by atoms with Crippen molar-refractivity contribution in [3.8, 4) is 0 Å². The second-order valence-electron chi connectivity index (χ2n) is 20.2. The van der Waals surface area contributed by atoms with Gasteiger partial charge < -0.3 is 14.2 Å². The average Bonchev–Trinajstić information content (AvgIpc) is 3.45. The molecule has 1 atom stereocenters. The molecule has 0 aliphatic heterocycles. The molecule has 0 aromatic carbocycles. The monoisotopic (exact) mass is 1090 g/mol. The topological polar surface area (TPSA) is 78.9 Å². The van der Waals surface area contributed by atoms with Crippen molar-refractivity contribution in [2.75, 3.05) is 13.2 Å². The predicted molar refractivity (Wildman–Crippen MR) is 343 cm³/mol. The number of hydrogen-bond donors (Lipinski definition) is 0. The molecule has 442 valence electrons. The lowest BCUT2D eigenvalue weighted by molar-refractivity contribution is -0.167. The molecule has 0 rings (SSSR count). The van der Waals surface area contributed by atoms with Crippen molar-refractivity contribution in [3.63, 3.8) is 0 Å². The minimum Gasteiger partial charge on any atom is -0.462 e. The zero-order chi connectivity index (χ0) is 57.1. The third kappa shape index (κ3) is 63.5. The molecule has 79 heavy (non-hydrogen) atoms. The zero-order valence-corrected chi connectivity index (χ0v) is 50.6. The summed E-state index contributed by atoms with van der Waals surface area (Å²) in [6.45, 7) is 6.34. The van der Waals surface area contributed by atoms with Crippen LogP contribution in [0.15, 0.2) is 170 Å². The van der Waals surface area contributed by atoms with E-state index >= 15 is 0 Å². The third-order valence-electron chi connectivity index (χ3n) is 12.7. The minimum atomic E-state index is -0.816. The molecule has 0 radical (unpaired) electrons. The maximum atomic E-state index is 12.9. The average molecular weight is 1090 g/mol. The molecule has 0 saturated heterocycles. The fourth-order valence-corrected chi connectivity index (χ4v) is 8.05. The van der Waals surface area contributed by atoms with E-state index in [2.05, 4.69) is 191 Å². The van der Waals surface area contributed by atoms with Crippen LogP contribution in [-0.2, 0) is 28.6 Å². The molecular formula is C73H114O6. The molecule has 0 bridgehead atoms. The first-order chi connectivity index (χ1) is 39.0. The minimum absolute atomic E-state index is 0.107. The third-order valence-corrected chi connectivity index (χ3v) is 12.7. The fraction of sp³-hybridized carbons (Fsp3) is 0.575. The van der Waals surface area contributed by atoms with E-state index in [1.54, 1.807) is 0 Å². The molecular weight excluding hydrogens is 973 g/mol. The first kappa shape index (κ1) is 73.8. The Morgan fingerprint density at radius 1 is 0.266 bits per heavy atom. The van der Waals surface area contributed by atoms with Crippen LogP contribution in [0.1, 0.15) is 252 Å². The van der Waals surface area contributed by atoms with Crippen molar-refractivity contribution >= 4 is 17.9 Å². The van der Waals surface area contributed by atoms with Crippen LogP contribution in [0.5, 0.6) is 0 Å². The lowest BCUT2D eigenvalue weighted by atomic mass is 10.1. The van der Waals surface area contributed by atoms with Gasteiger partial charge in [-0.1, -0.05) is 268 Å². The molecule has 0 aliphatic carbocycles. The Morgan fingerprint density at radius 3 is 0.797 bits per heavy atom. The number of unbranched alkanes of at least 4 members (excludes halogenated alkanes) is 16. The van der Waals surface area contributed by atoms with E-state index in [-0.39, 0.29) is 44.0 Å². The highest BCUT2D eigenvalue weighted by molar-refractivity contribution is 5.71.